The summed E-state index contributed by atoms with van der Waals surface area (Å²) in [6.45, 7) is 4.29. The summed E-state index contributed by atoms with van der Waals surface area (Å²) < 4.78 is 1.97. The molecule has 0 radical (unpaired) electrons. The van der Waals surface area contributed by atoms with Crippen molar-refractivity contribution < 1.29 is 15.0 Å². The number of pyridine rings is 1. The average Bonchev–Trinajstić information content (AvgIpc) is 3.24. The Morgan fingerprint density at radius 1 is 1.19 bits per heavy atom. The van der Waals surface area contributed by atoms with Gasteiger partial charge in [0.25, 0.3) is 0 Å². The Bertz CT molecular complexity index is 1130. The summed E-state index contributed by atoms with van der Waals surface area (Å²) in [6.07, 6.45) is 1.75. The van der Waals surface area contributed by atoms with E-state index < -0.39 is 5.97 Å². The van der Waals surface area contributed by atoms with Gasteiger partial charge in [0.1, 0.15) is 0 Å². The highest BCUT2D eigenvalue weighted by atomic mass is 32.1. The molecule has 1 aliphatic rings. The molecule has 1 fully saturated rings. The molecule has 0 bridgehead atoms. The third kappa shape index (κ3) is 3.68. The van der Waals surface area contributed by atoms with Crippen molar-refractivity contribution in [3.05, 3.63) is 82.9 Å². The fourth-order valence-corrected chi connectivity index (χ4v) is 4.73. The van der Waals surface area contributed by atoms with E-state index in [2.05, 4.69) is 16.4 Å². The van der Waals surface area contributed by atoms with E-state index in [4.69, 9.17) is 12.2 Å². The van der Waals surface area contributed by atoms with Crippen LogP contribution in [0.2, 0.25) is 0 Å². The maximum atomic E-state index is 11.8. The van der Waals surface area contributed by atoms with Gasteiger partial charge in [-0.1, -0.05) is 18.2 Å². The number of carboxylic acid groups (broad SMARTS) is 1. The van der Waals surface area contributed by atoms with Crippen molar-refractivity contribution in [1.82, 2.24) is 19.8 Å². The van der Waals surface area contributed by atoms with Crippen LogP contribution in [-0.4, -0.2) is 48.9 Å². The van der Waals surface area contributed by atoms with E-state index in [-0.39, 0.29) is 24.3 Å². The van der Waals surface area contributed by atoms with E-state index in [1.54, 1.807) is 18.3 Å². The summed E-state index contributed by atoms with van der Waals surface area (Å²) in [5, 5.41) is 23.3. The maximum Gasteiger partial charge on any atom is 0.337 e. The van der Waals surface area contributed by atoms with E-state index in [0.29, 0.717) is 17.3 Å². The normalized spacial score (nSPS) is 18.3. The molecule has 0 unspecified atom stereocenters. The first kappa shape index (κ1) is 21.0. The number of para-hydroxylation sites is 1. The van der Waals surface area contributed by atoms with E-state index in [1.165, 1.54) is 0 Å². The second kappa shape index (κ2) is 8.49. The zero-order valence-electron chi connectivity index (χ0n) is 17.3. The number of hydrogen-bond donors (Lipinski definition) is 3. The first-order chi connectivity index (χ1) is 14.9. The molecule has 0 amide bonds. The predicted octanol–water partition coefficient (Wildman–Crippen LogP) is 3.15. The van der Waals surface area contributed by atoms with Gasteiger partial charge in [-0.3, -0.25) is 4.98 Å². The molecule has 1 aliphatic heterocycles. The van der Waals surface area contributed by atoms with Crippen LogP contribution < -0.4 is 5.32 Å². The molecule has 3 N–H and O–H groups in total. The lowest BCUT2D eigenvalue weighted by atomic mass is 9.97. The van der Waals surface area contributed by atoms with Crippen LogP contribution in [0.25, 0.3) is 5.69 Å². The molecule has 1 aromatic carbocycles. The van der Waals surface area contributed by atoms with Gasteiger partial charge >= 0.3 is 5.97 Å². The molecule has 8 heteroatoms. The van der Waals surface area contributed by atoms with Crippen LogP contribution in [0, 0.1) is 13.8 Å². The number of aliphatic hydroxyl groups is 1. The largest absolute Gasteiger partial charge is 0.478 e. The van der Waals surface area contributed by atoms with E-state index >= 15 is 0 Å². The van der Waals surface area contributed by atoms with E-state index in [9.17, 15) is 15.0 Å². The second-order valence-electron chi connectivity index (χ2n) is 7.53. The Morgan fingerprint density at radius 3 is 2.61 bits per heavy atom. The van der Waals surface area contributed by atoms with Crippen LogP contribution in [0.4, 0.5) is 0 Å². The van der Waals surface area contributed by atoms with Crippen LogP contribution >= 0.6 is 12.2 Å². The standard InChI is InChI=1S/C23H24N4O3S/c1-14-13-17(15(2)27(14)19-9-4-3-7-16(19)22(29)30)21-20(18-8-5-6-10-24-18)25-23(31)26(21)11-12-28/h3-10,13,20-21,28H,11-12H2,1-2H3,(H,25,31)(H,29,30)/t20-,21+/m1/s1. The van der Waals surface area contributed by atoms with Gasteiger partial charge < -0.3 is 25.0 Å². The monoisotopic (exact) mass is 436 g/mol. The number of benzene rings is 1. The van der Waals surface area contributed by atoms with Crippen LogP contribution in [0.5, 0.6) is 0 Å². The molecule has 0 saturated carbocycles. The number of carboxylic acids is 1. The first-order valence-electron chi connectivity index (χ1n) is 10.0. The number of rotatable bonds is 6. The summed E-state index contributed by atoms with van der Waals surface area (Å²) in [6, 6.07) is 14.4. The van der Waals surface area contributed by atoms with Crippen LogP contribution in [-0.2, 0) is 0 Å². The third-order valence-electron chi connectivity index (χ3n) is 5.70. The predicted molar refractivity (Wildman–Crippen MR) is 121 cm³/mol. The lowest BCUT2D eigenvalue weighted by Crippen LogP contribution is -2.32. The van der Waals surface area contributed by atoms with Gasteiger partial charge in [0.2, 0.25) is 0 Å². The van der Waals surface area contributed by atoms with Gasteiger partial charge in [0.05, 0.1) is 35.6 Å². The van der Waals surface area contributed by atoms with Crippen molar-refractivity contribution in [2.45, 2.75) is 25.9 Å². The summed E-state index contributed by atoms with van der Waals surface area (Å²) in [7, 11) is 0. The summed E-state index contributed by atoms with van der Waals surface area (Å²) in [5.41, 5.74) is 4.56. The zero-order chi connectivity index (χ0) is 22.1. The second-order valence-corrected chi connectivity index (χ2v) is 7.91. The highest BCUT2D eigenvalue weighted by molar-refractivity contribution is 7.80. The minimum absolute atomic E-state index is 0.0339. The topological polar surface area (TPSA) is 90.6 Å². The fourth-order valence-electron chi connectivity index (χ4n) is 4.40. The molecule has 31 heavy (non-hydrogen) atoms. The van der Waals surface area contributed by atoms with E-state index in [1.807, 2.05) is 53.6 Å². The van der Waals surface area contributed by atoms with Crippen molar-refractivity contribution in [2.75, 3.05) is 13.2 Å². The highest BCUT2D eigenvalue weighted by Crippen LogP contribution is 2.41. The van der Waals surface area contributed by atoms with Crippen molar-refractivity contribution >= 4 is 23.3 Å². The molecular weight excluding hydrogens is 412 g/mol. The van der Waals surface area contributed by atoms with Crippen LogP contribution in [0.1, 0.15) is 45.1 Å². The summed E-state index contributed by atoms with van der Waals surface area (Å²) >= 11 is 5.58. The Balaban J connectivity index is 1.87. The van der Waals surface area contributed by atoms with Crippen LogP contribution in [0.3, 0.4) is 0 Å². The number of thiocarbonyl (C=S) groups is 1. The number of hydrogen-bond acceptors (Lipinski definition) is 4. The number of aromatic carboxylic acids is 1. The number of aryl methyl sites for hydroxylation is 1. The average molecular weight is 437 g/mol. The smallest absolute Gasteiger partial charge is 0.337 e. The molecule has 4 rings (SSSR count). The molecule has 7 nitrogen and oxygen atoms in total. The summed E-state index contributed by atoms with van der Waals surface area (Å²) in [5.74, 6) is -0.971. The number of nitrogens with zero attached hydrogens (tertiary/aromatic N) is 3. The highest BCUT2D eigenvalue weighted by Gasteiger charge is 2.41. The third-order valence-corrected chi connectivity index (χ3v) is 6.06. The number of nitrogens with one attached hydrogen (secondary N) is 1. The molecule has 0 aliphatic carbocycles. The summed E-state index contributed by atoms with van der Waals surface area (Å²) in [4.78, 5) is 18.3. The molecule has 3 heterocycles. The minimum Gasteiger partial charge on any atom is -0.478 e. The zero-order valence-corrected chi connectivity index (χ0v) is 18.1. The van der Waals surface area contributed by atoms with Gasteiger partial charge in [0.15, 0.2) is 5.11 Å². The Labute approximate surface area is 186 Å². The van der Waals surface area contributed by atoms with Crippen molar-refractivity contribution in [2.24, 2.45) is 0 Å². The number of aromatic nitrogens is 2. The SMILES string of the molecule is Cc1cc([C@H]2[C@@H](c3ccccn3)NC(=S)N2CCO)c(C)n1-c1ccccc1C(=O)O. The molecular formula is C23H24N4O3S. The number of aliphatic hydroxyl groups excluding tert-OH is 1. The van der Waals surface area contributed by atoms with Gasteiger partial charge in [0, 0.05) is 24.1 Å². The number of β-amino-alcohol motifs (C(OH)–C–C–N with tert-alkyl or cyclic N) is 1. The Morgan fingerprint density at radius 2 is 1.94 bits per heavy atom. The molecule has 2 atom stereocenters. The van der Waals surface area contributed by atoms with Gasteiger partial charge in [-0.05, 0) is 62.0 Å². The first-order valence-corrected chi connectivity index (χ1v) is 10.4. The van der Waals surface area contributed by atoms with E-state index in [0.717, 1.165) is 22.6 Å². The molecule has 1 saturated heterocycles. The maximum absolute atomic E-state index is 11.8. The minimum atomic E-state index is -0.971. The quantitative estimate of drug-likeness (QED) is 0.512. The molecule has 0 spiro atoms. The van der Waals surface area contributed by atoms with Crippen LogP contribution in [0.15, 0.2) is 54.7 Å². The Hall–Kier alpha value is -3.23. The van der Waals surface area contributed by atoms with Crippen molar-refractivity contribution in [3.63, 3.8) is 0 Å². The Kier molecular flexibility index (Phi) is 5.75. The lowest BCUT2D eigenvalue weighted by molar-refractivity contribution is 0.0697. The van der Waals surface area contributed by atoms with Crippen molar-refractivity contribution in [3.8, 4) is 5.69 Å². The number of carbonyl (C=O) groups is 1. The van der Waals surface area contributed by atoms with Gasteiger partial charge in [-0.15, -0.1) is 0 Å². The van der Waals surface area contributed by atoms with Gasteiger partial charge in [-0.25, -0.2) is 4.79 Å². The molecule has 3 aromatic rings. The van der Waals surface area contributed by atoms with Crippen molar-refractivity contribution in [1.29, 1.82) is 0 Å². The lowest BCUT2D eigenvalue weighted by Gasteiger charge is -2.27. The molecule has 2 aromatic heterocycles. The molecule has 160 valence electrons. The fraction of sp³-hybridized carbons (Fsp3) is 0.261. The van der Waals surface area contributed by atoms with Gasteiger partial charge in [-0.2, -0.15) is 0 Å².